The van der Waals surface area contributed by atoms with Gasteiger partial charge in [-0.1, -0.05) is 0 Å². The number of fused-ring (bicyclic) bond motifs is 4. The van der Waals surface area contributed by atoms with Crippen molar-refractivity contribution in [2.45, 2.75) is 63.0 Å². The van der Waals surface area contributed by atoms with Crippen LogP contribution >= 0.6 is 0 Å². The minimum atomic E-state index is -3.68. The van der Waals surface area contributed by atoms with Gasteiger partial charge in [0.05, 0.1) is 6.61 Å². The molecule has 2 N–H and O–H groups in total. The fourth-order valence-electron chi connectivity index (χ4n) is 4.66. The number of pyridine rings is 1. The molecule has 0 atom stereocenters. The Morgan fingerprint density at radius 2 is 1.90 bits per heavy atom. The molecule has 0 aromatic carbocycles. The molecular formula is C19H26FN5O3S. The maximum absolute atomic E-state index is 14.5. The van der Waals surface area contributed by atoms with E-state index in [0.717, 1.165) is 43.4 Å². The Morgan fingerprint density at radius 3 is 2.52 bits per heavy atom. The monoisotopic (exact) mass is 423 g/mol. The van der Waals surface area contributed by atoms with Crippen molar-refractivity contribution in [1.82, 2.24) is 19.3 Å². The summed E-state index contributed by atoms with van der Waals surface area (Å²) >= 11 is 0. The minimum absolute atomic E-state index is 0.0715. The van der Waals surface area contributed by atoms with Crippen LogP contribution in [-0.2, 0) is 10.2 Å². The maximum Gasteiger partial charge on any atom is 0.301 e. The highest BCUT2D eigenvalue weighted by Gasteiger charge is 2.49. The molecule has 0 radical (unpaired) electrons. The lowest BCUT2D eigenvalue weighted by Crippen LogP contribution is -2.46. The third-order valence-electron chi connectivity index (χ3n) is 6.89. The predicted octanol–water partition coefficient (Wildman–Crippen LogP) is 2.92. The molecule has 10 heteroatoms. The van der Waals surface area contributed by atoms with Crippen molar-refractivity contribution >= 4 is 21.8 Å². The van der Waals surface area contributed by atoms with Gasteiger partial charge in [0, 0.05) is 30.3 Å². The first-order valence-electron chi connectivity index (χ1n) is 10.2. The Morgan fingerprint density at radius 1 is 1.21 bits per heavy atom. The zero-order valence-corrected chi connectivity index (χ0v) is 17.3. The molecule has 2 heterocycles. The van der Waals surface area contributed by atoms with Gasteiger partial charge in [-0.3, -0.25) is 4.40 Å². The normalized spacial score (nSPS) is 29.3. The maximum atomic E-state index is 14.5. The number of rotatable bonds is 7. The summed E-state index contributed by atoms with van der Waals surface area (Å²) in [5, 5.41) is 8.07. The number of aromatic nitrogens is 3. The number of alkyl halides is 1. The number of anilines is 1. The van der Waals surface area contributed by atoms with Crippen LogP contribution in [0.2, 0.25) is 0 Å². The highest BCUT2D eigenvalue weighted by molar-refractivity contribution is 7.90. The lowest BCUT2D eigenvalue weighted by Gasteiger charge is -2.49. The van der Waals surface area contributed by atoms with Gasteiger partial charge in [0.1, 0.15) is 11.4 Å². The number of nitrogens with zero attached hydrogens (tertiary/aromatic N) is 3. The molecule has 2 aromatic heterocycles. The van der Waals surface area contributed by atoms with Crippen LogP contribution in [0, 0.1) is 5.41 Å². The molecule has 4 saturated carbocycles. The van der Waals surface area contributed by atoms with Gasteiger partial charge in [-0.25, -0.2) is 13.8 Å². The van der Waals surface area contributed by atoms with Gasteiger partial charge in [-0.05, 0) is 57.3 Å². The SMILES string of the molecule is CNS(=O)(=O)Nc1nnc2cc(OCC34CCC(F)(CC3)CC4)c(C3CC3)cn12. The van der Waals surface area contributed by atoms with E-state index in [1.807, 2.05) is 12.3 Å². The second-order valence-electron chi connectivity index (χ2n) is 8.87. The summed E-state index contributed by atoms with van der Waals surface area (Å²) < 4.78 is 50.7. The molecular weight excluding hydrogens is 397 g/mol. The molecule has 158 valence electrons. The van der Waals surface area contributed by atoms with Gasteiger partial charge >= 0.3 is 10.2 Å². The Hall–Kier alpha value is -1.94. The first-order chi connectivity index (χ1) is 13.8. The third-order valence-corrected chi connectivity index (χ3v) is 7.88. The zero-order valence-electron chi connectivity index (χ0n) is 16.4. The quantitative estimate of drug-likeness (QED) is 0.714. The van der Waals surface area contributed by atoms with Crippen LogP contribution in [0.15, 0.2) is 12.3 Å². The summed E-state index contributed by atoms with van der Waals surface area (Å²) in [4.78, 5) is 0. The van der Waals surface area contributed by atoms with Crippen molar-refractivity contribution in [2.24, 2.45) is 5.41 Å². The van der Waals surface area contributed by atoms with E-state index in [-0.39, 0.29) is 11.4 Å². The van der Waals surface area contributed by atoms with Crippen molar-refractivity contribution < 1.29 is 17.5 Å². The second-order valence-corrected chi connectivity index (χ2v) is 10.5. The lowest BCUT2D eigenvalue weighted by molar-refractivity contribution is -0.0548. The standard InChI is InChI=1S/C19H26FN5O3S/c1-21-29(26,27)24-17-23-22-16-10-15(14(11-25(16)17)13-2-3-13)28-12-18-4-7-19(20,8-5-18)9-6-18/h10-11,13,21H,2-9,12H2,1H3,(H,23,24). The van der Waals surface area contributed by atoms with E-state index in [1.54, 1.807) is 4.40 Å². The highest BCUT2D eigenvalue weighted by Crippen LogP contribution is 2.54. The first kappa shape index (κ1) is 19.0. The number of ether oxygens (including phenoxy) is 1. The van der Waals surface area contributed by atoms with Crippen molar-refractivity contribution in [2.75, 3.05) is 18.4 Å². The molecule has 4 aliphatic carbocycles. The summed E-state index contributed by atoms with van der Waals surface area (Å²) in [5.74, 6) is 1.33. The van der Waals surface area contributed by atoms with Crippen molar-refractivity contribution in [1.29, 1.82) is 0 Å². The van der Waals surface area contributed by atoms with Crippen molar-refractivity contribution in [3.8, 4) is 5.75 Å². The van der Waals surface area contributed by atoms with E-state index < -0.39 is 15.9 Å². The van der Waals surface area contributed by atoms with Crippen LogP contribution in [-0.4, -0.2) is 42.3 Å². The van der Waals surface area contributed by atoms with Gasteiger partial charge in [0.25, 0.3) is 0 Å². The summed E-state index contributed by atoms with van der Waals surface area (Å²) in [6.45, 7) is 0.590. The molecule has 4 aliphatic rings. The van der Waals surface area contributed by atoms with Gasteiger partial charge in [-0.2, -0.15) is 8.42 Å². The largest absolute Gasteiger partial charge is 0.493 e. The van der Waals surface area contributed by atoms with Crippen LogP contribution in [0.1, 0.15) is 62.8 Å². The van der Waals surface area contributed by atoms with Crippen molar-refractivity contribution in [3.63, 3.8) is 0 Å². The molecule has 0 amide bonds. The van der Waals surface area contributed by atoms with Crippen LogP contribution < -0.4 is 14.2 Å². The zero-order chi connectivity index (χ0) is 20.3. The van der Waals surface area contributed by atoms with Crippen molar-refractivity contribution in [3.05, 3.63) is 17.8 Å². The summed E-state index contributed by atoms with van der Waals surface area (Å²) in [6.07, 6.45) is 8.61. The fraction of sp³-hybridized carbons (Fsp3) is 0.684. The highest BCUT2D eigenvalue weighted by atomic mass is 32.2. The fourth-order valence-corrected chi connectivity index (χ4v) is 5.15. The van der Waals surface area contributed by atoms with E-state index >= 15 is 0 Å². The molecule has 0 spiro atoms. The number of hydrogen-bond acceptors (Lipinski definition) is 5. The Kier molecular flexibility index (Phi) is 4.29. The molecule has 8 nitrogen and oxygen atoms in total. The van der Waals surface area contributed by atoms with Gasteiger partial charge in [-0.15, -0.1) is 10.2 Å². The minimum Gasteiger partial charge on any atom is -0.493 e. The second kappa shape index (κ2) is 6.53. The summed E-state index contributed by atoms with van der Waals surface area (Å²) in [6, 6.07) is 1.83. The third kappa shape index (κ3) is 3.56. The number of hydrogen-bond donors (Lipinski definition) is 2. The molecule has 6 rings (SSSR count). The average Bonchev–Trinajstić information content (AvgIpc) is 3.50. The molecule has 0 aliphatic heterocycles. The predicted molar refractivity (Wildman–Crippen MR) is 106 cm³/mol. The molecule has 2 aromatic rings. The topological polar surface area (TPSA) is 97.6 Å². The summed E-state index contributed by atoms with van der Waals surface area (Å²) in [5.41, 5.74) is 0.691. The van der Waals surface area contributed by atoms with E-state index in [0.29, 0.717) is 37.4 Å². The average molecular weight is 424 g/mol. The van der Waals surface area contributed by atoms with Crippen LogP contribution in [0.4, 0.5) is 10.3 Å². The Bertz CT molecular complexity index is 1030. The Labute approximate surface area is 169 Å². The van der Waals surface area contributed by atoms with Gasteiger partial charge in [0.15, 0.2) is 5.65 Å². The van der Waals surface area contributed by atoms with E-state index in [4.69, 9.17) is 4.74 Å². The van der Waals surface area contributed by atoms with Crippen LogP contribution in [0.25, 0.3) is 5.65 Å². The van der Waals surface area contributed by atoms with Gasteiger partial charge in [0.2, 0.25) is 5.95 Å². The molecule has 2 bridgehead atoms. The smallest absolute Gasteiger partial charge is 0.301 e. The molecule has 4 fully saturated rings. The summed E-state index contributed by atoms with van der Waals surface area (Å²) in [7, 11) is -2.35. The van der Waals surface area contributed by atoms with E-state index in [1.165, 1.54) is 7.05 Å². The molecule has 0 unspecified atom stereocenters. The van der Waals surface area contributed by atoms with E-state index in [9.17, 15) is 12.8 Å². The number of nitrogens with one attached hydrogen (secondary N) is 2. The first-order valence-corrected chi connectivity index (χ1v) is 11.7. The van der Waals surface area contributed by atoms with Crippen LogP contribution in [0.3, 0.4) is 0 Å². The van der Waals surface area contributed by atoms with Gasteiger partial charge < -0.3 is 4.74 Å². The van der Waals surface area contributed by atoms with Crippen LogP contribution in [0.5, 0.6) is 5.75 Å². The lowest BCUT2D eigenvalue weighted by atomic mass is 9.60. The number of halogens is 1. The Balaban J connectivity index is 1.41. The molecule has 0 saturated heterocycles. The van der Waals surface area contributed by atoms with E-state index in [2.05, 4.69) is 19.6 Å². The molecule has 29 heavy (non-hydrogen) atoms.